The first-order chi connectivity index (χ1) is 10.8. The van der Waals surface area contributed by atoms with Crippen LogP contribution in [0.15, 0.2) is 18.3 Å². The molecule has 23 heavy (non-hydrogen) atoms. The van der Waals surface area contributed by atoms with Gasteiger partial charge in [0.1, 0.15) is 11.8 Å². The summed E-state index contributed by atoms with van der Waals surface area (Å²) < 4.78 is 14.4. The number of amides is 2. The molecule has 3 heterocycles. The van der Waals surface area contributed by atoms with Crippen LogP contribution in [0.2, 0.25) is 0 Å². The molecule has 0 spiro atoms. The minimum atomic E-state index is -1.54. The quantitative estimate of drug-likeness (QED) is 0.856. The second-order valence-corrected chi connectivity index (χ2v) is 6.60. The van der Waals surface area contributed by atoms with Gasteiger partial charge in [0.25, 0.3) is 11.8 Å². The number of pyridine rings is 1. The van der Waals surface area contributed by atoms with Crippen LogP contribution in [0.4, 0.5) is 4.39 Å². The summed E-state index contributed by atoms with van der Waals surface area (Å²) in [5.74, 6) is -0.765. The molecule has 1 N–H and O–H groups in total. The number of carbonyl (C=O) groups is 2. The van der Waals surface area contributed by atoms with Gasteiger partial charge in [-0.25, -0.2) is 4.39 Å². The Labute approximate surface area is 133 Å². The van der Waals surface area contributed by atoms with Crippen molar-refractivity contribution < 1.29 is 19.1 Å². The van der Waals surface area contributed by atoms with E-state index in [0.717, 1.165) is 5.69 Å². The molecule has 0 saturated carbocycles. The average molecular weight is 321 g/mol. The molecule has 2 unspecified atom stereocenters. The fourth-order valence-electron chi connectivity index (χ4n) is 3.22. The van der Waals surface area contributed by atoms with Crippen molar-refractivity contribution >= 4 is 11.8 Å². The van der Waals surface area contributed by atoms with Crippen molar-refractivity contribution in [3.05, 3.63) is 29.6 Å². The highest BCUT2D eigenvalue weighted by atomic mass is 19.1. The maximum Gasteiger partial charge on any atom is 0.256 e. The molecule has 7 heteroatoms. The van der Waals surface area contributed by atoms with Crippen LogP contribution in [-0.2, 0) is 11.2 Å². The molecule has 2 aliphatic rings. The highest BCUT2D eigenvalue weighted by molar-refractivity contribution is 5.96. The van der Waals surface area contributed by atoms with E-state index in [-0.39, 0.29) is 19.0 Å². The Morgan fingerprint density at radius 1 is 1.43 bits per heavy atom. The van der Waals surface area contributed by atoms with Crippen LogP contribution in [0.1, 0.15) is 29.9 Å². The van der Waals surface area contributed by atoms with Crippen LogP contribution < -0.4 is 0 Å². The number of hydrogen-bond donors (Lipinski definition) is 1. The number of rotatable bonds is 2. The van der Waals surface area contributed by atoms with Crippen molar-refractivity contribution in [3.8, 4) is 0 Å². The number of halogens is 1. The van der Waals surface area contributed by atoms with Crippen LogP contribution in [0.25, 0.3) is 0 Å². The summed E-state index contributed by atoms with van der Waals surface area (Å²) in [7, 11) is 0. The molecule has 2 amide bonds. The maximum atomic E-state index is 14.4. The van der Waals surface area contributed by atoms with Gasteiger partial charge in [0.2, 0.25) is 0 Å². The second-order valence-electron chi connectivity index (χ2n) is 6.60. The Morgan fingerprint density at radius 3 is 2.87 bits per heavy atom. The third-order valence-corrected chi connectivity index (χ3v) is 4.40. The summed E-state index contributed by atoms with van der Waals surface area (Å²) in [4.78, 5) is 31.7. The molecule has 124 valence electrons. The van der Waals surface area contributed by atoms with Crippen LogP contribution >= 0.6 is 0 Å². The highest BCUT2D eigenvalue weighted by Gasteiger charge is 2.44. The van der Waals surface area contributed by atoms with E-state index >= 15 is 0 Å². The number of aliphatic hydroxyl groups is 1. The zero-order chi connectivity index (χ0) is 16.8. The summed E-state index contributed by atoms with van der Waals surface area (Å²) in [6.45, 7) is 3.15. The van der Waals surface area contributed by atoms with Gasteiger partial charge in [-0.15, -0.1) is 0 Å². The van der Waals surface area contributed by atoms with Crippen LogP contribution in [-0.4, -0.2) is 69.2 Å². The predicted molar refractivity (Wildman–Crippen MR) is 80.5 cm³/mol. The SMILES string of the molecule is CC(C)(O)C(=O)N1CC(F)C(N2CCc3ncccc3C2=O)C1. The number of carbonyl (C=O) groups excluding carboxylic acids is 2. The topological polar surface area (TPSA) is 73.7 Å². The van der Waals surface area contributed by atoms with Gasteiger partial charge in [0, 0.05) is 25.7 Å². The monoisotopic (exact) mass is 321 g/mol. The lowest BCUT2D eigenvalue weighted by molar-refractivity contribution is -0.147. The van der Waals surface area contributed by atoms with Gasteiger partial charge in [-0.1, -0.05) is 0 Å². The molecule has 1 aromatic rings. The molecule has 2 aliphatic heterocycles. The number of fused-ring (bicyclic) bond motifs is 1. The Morgan fingerprint density at radius 2 is 2.17 bits per heavy atom. The first-order valence-electron chi connectivity index (χ1n) is 7.69. The van der Waals surface area contributed by atoms with Crippen molar-refractivity contribution in [2.45, 2.75) is 38.1 Å². The van der Waals surface area contributed by atoms with E-state index < -0.39 is 23.7 Å². The molecule has 3 rings (SSSR count). The standard InChI is InChI=1S/C16H20FN3O3/c1-16(2,23)15(22)19-8-11(17)13(9-19)20-7-5-12-10(14(20)21)4-3-6-18-12/h3-4,6,11,13,23H,5,7-9H2,1-2H3. The lowest BCUT2D eigenvalue weighted by Crippen LogP contribution is -2.50. The number of likely N-dealkylation sites (tertiary alicyclic amines) is 1. The summed E-state index contributed by atoms with van der Waals surface area (Å²) in [5, 5.41) is 9.81. The smallest absolute Gasteiger partial charge is 0.256 e. The largest absolute Gasteiger partial charge is 0.381 e. The van der Waals surface area contributed by atoms with Crippen LogP contribution in [0, 0.1) is 0 Å². The Bertz CT molecular complexity index is 644. The molecule has 1 saturated heterocycles. The molecular weight excluding hydrogens is 301 g/mol. The lowest BCUT2D eigenvalue weighted by Gasteiger charge is -2.33. The van der Waals surface area contributed by atoms with E-state index in [2.05, 4.69) is 4.98 Å². The van der Waals surface area contributed by atoms with Crippen molar-refractivity contribution in [3.63, 3.8) is 0 Å². The van der Waals surface area contributed by atoms with Crippen molar-refractivity contribution in [1.29, 1.82) is 0 Å². The van der Waals surface area contributed by atoms with Gasteiger partial charge in [-0.05, 0) is 26.0 Å². The fraction of sp³-hybridized carbons (Fsp3) is 0.562. The minimum Gasteiger partial charge on any atom is -0.381 e. The Hall–Kier alpha value is -2.02. The van der Waals surface area contributed by atoms with Gasteiger partial charge >= 0.3 is 0 Å². The fourth-order valence-corrected chi connectivity index (χ4v) is 3.22. The maximum absolute atomic E-state index is 14.4. The lowest BCUT2D eigenvalue weighted by atomic mass is 10.0. The molecule has 0 aromatic carbocycles. The van der Waals surface area contributed by atoms with E-state index in [0.29, 0.717) is 18.5 Å². The van der Waals surface area contributed by atoms with Gasteiger partial charge < -0.3 is 14.9 Å². The number of nitrogens with zero attached hydrogens (tertiary/aromatic N) is 3. The van der Waals surface area contributed by atoms with Crippen LogP contribution in [0.5, 0.6) is 0 Å². The molecule has 1 fully saturated rings. The van der Waals surface area contributed by atoms with Gasteiger partial charge in [0.05, 0.1) is 23.8 Å². The number of aromatic nitrogens is 1. The van der Waals surface area contributed by atoms with E-state index in [1.54, 1.807) is 18.3 Å². The van der Waals surface area contributed by atoms with Gasteiger partial charge in [0.15, 0.2) is 0 Å². The molecular formula is C16H20FN3O3. The number of alkyl halides is 1. The summed E-state index contributed by atoms with van der Waals surface area (Å²) >= 11 is 0. The van der Waals surface area contributed by atoms with Gasteiger partial charge in [-0.2, -0.15) is 0 Å². The van der Waals surface area contributed by atoms with E-state index in [4.69, 9.17) is 0 Å². The summed E-state index contributed by atoms with van der Waals surface area (Å²) in [6, 6.07) is 2.70. The van der Waals surface area contributed by atoms with Gasteiger partial charge in [-0.3, -0.25) is 14.6 Å². The highest BCUT2D eigenvalue weighted by Crippen LogP contribution is 2.26. The molecule has 0 aliphatic carbocycles. The first-order valence-corrected chi connectivity index (χ1v) is 7.69. The van der Waals surface area contributed by atoms with E-state index in [1.807, 2.05) is 0 Å². The summed E-state index contributed by atoms with van der Waals surface area (Å²) in [5.41, 5.74) is -0.318. The van der Waals surface area contributed by atoms with E-state index in [9.17, 15) is 19.1 Å². The second kappa shape index (κ2) is 5.56. The molecule has 0 radical (unpaired) electrons. The Kier molecular flexibility index (Phi) is 3.83. The minimum absolute atomic E-state index is 0.100. The summed E-state index contributed by atoms with van der Waals surface area (Å²) in [6.07, 6.45) is 0.896. The van der Waals surface area contributed by atoms with Crippen molar-refractivity contribution in [2.24, 2.45) is 0 Å². The predicted octanol–water partition coefficient (Wildman–Crippen LogP) is 0.400. The van der Waals surface area contributed by atoms with Crippen LogP contribution in [0.3, 0.4) is 0 Å². The molecule has 0 bridgehead atoms. The van der Waals surface area contributed by atoms with Crippen molar-refractivity contribution in [2.75, 3.05) is 19.6 Å². The molecule has 1 aromatic heterocycles. The zero-order valence-electron chi connectivity index (χ0n) is 13.2. The third-order valence-electron chi connectivity index (χ3n) is 4.40. The third kappa shape index (κ3) is 2.81. The van der Waals surface area contributed by atoms with Crippen molar-refractivity contribution in [1.82, 2.24) is 14.8 Å². The zero-order valence-corrected chi connectivity index (χ0v) is 13.2. The Balaban J connectivity index is 1.78. The first kappa shape index (κ1) is 15.9. The normalized spacial score (nSPS) is 24.8. The number of hydrogen-bond acceptors (Lipinski definition) is 4. The molecule has 2 atom stereocenters. The average Bonchev–Trinajstić information content (AvgIpc) is 2.88. The molecule has 6 nitrogen and oxygen atoms in total. The van der Waals surface area contributed by atoms with E-state index in [1.165, 1.54) is 23.6 Å².